The third kappa shape index (κ3) is 19.2. The van der Waals surface area contributed by atoms with Crippen LogP contribution in [-0.2, 0) is 51.8 Å². The SMILES string of the molecule is Cc1cc(S(=O)(=O)NCCOCCOCCNC(=O)NCCCCNC(=O)NCCOCCOCCNS(=O)(=O)c2ccc(O[C@H]3c4cc(Cl)cc(Cl)c4C[C@@H]3N(C)C)c(C)c2)ccc1O[C@H]1c2cc(Cl)cc(Cl)c2C[C@@H]1N(C)C. The molecule has 6 rings (SSSR count). The molecule has 0 spiro atoms. The number of urea groups is 2. The van der Waals surface area contributed by atoms with Crippen molar-refractivity contribution in [3.05, 3.63) is 114 Å². The van der Waals surface area contributed by atoms with E-state index in [1.54, 1.807) is 50.2 Å². The average Bonchev–Trinajstić information content (AvgIpc) is 3.95. The Bertz CT molecular complexity index is 2750. The molecular weight excluding hydrogens is 1160 g/mol. The molecule has 442 valence electrons. The van der Waals surface area contributed by atoms with E-state index >= 15 is 0 Å². The highest BCUT2D eigenvalue weighted by Gasteiger charge is 2.39. The number of aryl methyl sites for hydroxylation is 2. The average molecular weight is 1230 g/mol. The van der Waals surface area contributed by atoms with Crippen molar-refractivity contribution in [2.24, 2.45) is 0 Å². The standard InChI is InChI=1S/C54H74Cl4N8O12S2/c1-35-27-39(9-11-49(35)77-51-43-29-37(55)31-45(57)41(43)33-47(51)65(3)4)79(69,70)63-17-21-75-25-23-73-19-15-61-53(67)59-13-7-8-14-60-54(68)62-16-20-74-24-26-76-22-18-64-80(71,72)40-10-12-50(36(2)28-40)78-52-44-30-38(56)32-46(58)42(44)34-48(52)66(5)6/h9-12,27-32,47-48,51-52,63-64H,7-8,13-26,33-34H2,1-6H3,(H2,59,61,67)(H2,60,62,68)/t47-,48-,51-,52-/m0/s1. The summed E-state index contributed by atoms with van der Waals surface area (Å²) in [4.78, 5) is 28.6. The molecule has 0 saturated carbocycles. The van der Waals surface area contributed by atoms with Crippen molar-refractivity contribution in [1.82, 2.24) is 40.5 Å². The van der Waals surface area contributed by atoms with Gasteiger partial charge in [0.1, 0.15) is 23.7 Å². The van der Waals surface area contributed by atoms with Gasteiger partial charge in [-0.15, -0.1) is 0 Å². The van der Waals surface area contributed by atoms with Gasteiger partial charge in [-0.2, -0.15) is 0 Å². The molecule has 0 aromatic heterocycles. The molecule has 0 saturated heterocycles. The Morgan fingerprint density at radius 2 is 0.850 bits per heavy atom. The molecular formula is C54H74Cl4N8O12S2. The van der Waals surface area contributed by atoms with Crippen molar-refractivity contribution in [2.75, 3.05) is 120 Å². The second kappa shape index (κ2) is 31.4. The lowest BCUT2D eigenvalue weighted by atomic mass is 10.1. The summed E-state index contributed by atoms with van der Waals surface area (Å²) < 4.78 is 92.3. The van der Waals surface area contributed by atoms with Gasteiger partial charge in [0.05, 0.1) is 74.7 Å². The highest BCUT2D eigenvalue weighted by atomic mass is 35.5. The van der Waals surface area contributed by atoms with Crippen LogP contribution in [0.2, 0.25) is 20.1 Å². The maximum Gasteiger partial charge on any atom is 0.314 e. The van der Waals surface area contributed by atoms with Crippen LogP contribution in [0.15, 0.2) is 70.5 Å². The number of halogens is 4. The maximum absolute atomic E-state index is 13.0. The zero-order chi connectivity index (χ0) is 58.0. The molecule has 2 aliphatic carbocycles. The molecule has 2 aliphatic rings. The Morgan fingerprint density at radius 3 is 1.20 bits per heavy atom. The van der Waals surface area contributed by atoms with E-state index in [1.807, 2.05) is 40.3 Å². The number of ether oxygens (including phenoxy) is 6. The summed E-state index contributed by atoms with van der Waals surface area (Å²) in [6.07, 6.45) is 2.00. The normalized spacial score (nSPS) is 16.9. The third-order valence-corrected chi connectivity index (χ3v) is 17.4. The molecule has 4 amide bonds. The van der Waals surface area contributed by atoms with Crippen LogP contribution in [0.4, 0.5) is 9.59 Å². The monoisotopic (exact) mass is 1230 g/mol. The number of carbonyl (C=O) groups excluding carboxylic acids is 2. The molecule has 26 heteroatoms. The number of benzene rings is 4. The van der Waals surface area contributed by atoms with E-state index in [-0.39, 0.29) is 125 Å². The Morgan fingerprint density at radius 1 is 0.500 bits per heavy atom. The van der Waals surface area contributed by atoms with E-state index in [9.17, 15) is 26.4 Å². The summed E-state index contributed by atoms with van der Waals surface area (Å²) in [6, 6.07) is 16.0. The predicted molar refractivity (Wildman–Crippen MR) is 310 cm³/mol. The lowest BCUT2D eigenvalue weighted by Gasteiger charge is -2.28. The van der Waals surface area contributed by atoms with Gasteiger partial charge >= 0.3 is 12.1 Å². The second-order valence-corrected chi connectivity index (χ2v) is 24.9. The minimum atomic E-state index is -3.81. The van der Waals surface area contributed by atoms with Crippen LogP contribution >= 0.6 is 46.4 Å². The first kappa shape index (κ1) is 64.9. The molecule has 0 aliphatic heterocycles. The summed E-state index contributed by atoms with van der Waals surface area (Å²) in [5, 5.41) is 13.2. The van der Waals surface area contributed by atoms with Gasteiger partial charge in [-0.05, 0) is 151 Å². The number of hydrogen-bond acceptors (Lipinski definition) is 14. The number of likely N-dealkylation sites (N-methyl/N-ethyl adjacent to an activating group) is 2. The first-order valence-electron chi connectivity index (χ1n) is 26.3. The number of sulfonamides is 2. The first-order chi connectivity index (χ1) is 38.1. The van der Waals surface area contributed by atoms with Crippen molar-refractivity contribution >= 4 is 78.5 Å². The fraction of sp³-hybridized carbons (Fsp3) is 0.519. The van der Waals surface area contributed by atoms with Crippen LogP contribution in [0.25, 0.3) is 0 Å². The third-order valence-electron chi connectivity index (χ3n) is 13.3. The molecule has 0 fully saturated rings. The van der Waals surface area contributed by atoms with E-state index in [0.29, 0.717) is 81.5 Å². The summed E-state index contributed by atoms with van der Waals surface area (Å²) in [7, 11) is 0.286. The number of nitrogens with zero attached hydrogens (tertiary/aromatic N) is 2. The predicted octanol–water partition coefficient (Wildman–Crippen LogP) is 6.83. The molecule has 0 bridgehead atoms. The van der Waals surface area contributed by atoms with Gasteiger partial charge in [-0.3, -0.25) is 0 Å². The fourth-order valence-electron chi connectivity index (χ4n) is 9.10. The molecule has 6 N–H and O–H groups in total. The highest BCUT2D eigenvalue weighted by molar-refractivity contribution is 7.89. The lowest BCUT2D eigenvalue weighted by Crippen LogP contribution is -2.39. The molecule has 80 heavy (non-hydrogen) atoms. The molecule has 0 heterocycles. The fourth-order valence-corrected chi connectivity index (χ4v) is 12.5. The molecule has 0 unspecified atom stereocenters. The highest BCUT2D eigenvalue weighted by Crippen LogP contribution is 2.44. The van der Waals surface area contributed by atoms with Crippen molar-refractivity contribution in [2.45, 2.75) is 73.6 Å². The largest absolute Gasteiger partial charge is 0.484 e. The molecule has 4 atom stereocenters. The molecule has 0 radical (unpaired) electrons. The van der Waals surface area contributed by atoms with E-state index in [0.717, 1.165) is 22.3 Å². The Balaban J connectivity index is 0.708. The summed E-state index contributed by atoms with van der Waals surface area (Å²) in [5.41, 5.74) is 5.14. The number of carbonyl (C=O) groups is 2. The van der Waals surface area contributed by atoms with E-state index < -0.39 is 20.0 Å². The maximum atomic E-state index is 13.0. The van der Waals surface area contributed by atoms with Gasteiger partial charge < -0.3 is 59.5 Å². The summed E-state index contributed by atoms with van der Waals surface area (Å²) in [5.74, 6) is 1.12. The van der Waals surface area contributed by atoms with Gasteiger partial charge in [-0.25, -0.2) is 35.9 Å². The van der Waals surface area contributed by atoms with Crippen LogP contribution in [0.5, 0.6) is 11.5 Å². The lowest BCUT2D eigenvalue weighted by molar-refractivity contribution is 0.0516. The van der Waals surface area contributed by atoms with Crippen LogP contribution in [-0.4, -0.2) is 171 Å². The minimum Gasteiger partial charge on any atom is -0.484 e. The number of amides is 4. The van der Waals surface area contributed by atoms with Crippen LogP contribution < -0.4 is 40.2 Å². The second-order valence-electron chi connectivity index (χ2n) is 19.6. The van der Waals surface area contributed by atoms with E-state index in [2.05, 4.69) is 40.5 Å². The van der Waals surface area contributed by atoms with Crippen molar-refractivity contribution in [1.29, 1.82) is 0 Å². The Hall–Kier alpha value is -4.24. The number of hydrogen-bond donors (Lipinski definition) is 6. The van der Waals surface area contributed by atoms with Gasteiger partial charge in [-0.1, -0.05) is 46.4 Å². The van der Waals surface area contributed by atoms with Gasteiger partial charge in [0.25, 0.3) is 0 Å². The van der Waals surface area contributed by atoms with Crippen molar-refractivity contribution in [3.63, 3.8) is 0 Å². The van der Waals surface area contributed by atoms with Crippen LogP contribution in [0, 0.1) is 13.8 Å². The van der Waals surface area contributed by atoms with E-state index in [1.165, 1.54) is 12.1 Å². The zero-order valence-electron chi connectivity index (χ0n) is 45.9. The summed E-state index contributed by atoms with van der Waals surface area (Å²) >= 11 is 25.7. The number of unbranched alkanes of at least 4 members (excludes halogenated alkanes) is 1. The Labute approximate surface area is 490 Å². The Kier molecular flexibility index (Phi) is 25.5. The molecule has 20 nitrogen and oxygen atoms in total. The smallest absolute Gasteiger partial charge is 0.314 e. The quantitative estimate of drug-likeness (QED) is 0.0268. The molecule has 4 aromatic rings. The minimum absolute atomic E-state index is 0.0125. The topological polar surface area (TPSA) is 236 Å². The van der Waals surface area contributed by atoms with Crippen molar-refractivity contribution < 1.29 is 54.8 Å². The summed E-state index contributed by atoms with van der Waals surface area (Å²) in [6.45, 7) is 6.89. The van der Waals surface area contributed by atoms with E-state index in [4.69, 9.17) is 74.8 Å². The number of rotatable bonds is 33. The van der Waals surface area contributed by atoms with Crippen LogP contribution in [0.1, 0.15) is 58.4 Å². The number of nitrogens with one attached hydrogen (secondary N) is 6. The van der Waals surface area contributed by atoms with Gasteiger partial charge in [0.2, 0.25) is 20.0 Å². The van der Waals surface area contributed by atoms with Crippen LogP contribution in [0.3, 0.4) is 0 Å². The number of fused-ring (bicyclic) bond motifs is 2. The van der Waals surface area contributed by atoms with Crippen molar-refractivity contribution in [3.8, 4) is 11.5 Å². The first-order valence-corrected chi connectivity index (χ1v) is 30.8. The molecule has 4 aromatic carbocycles. The van der Waals surface area contributed by atoms with Gasteiger partial charge in [0.15, 0.2) is 0 Å². The van der Waals surface area contributed by atoms with Gasteiger partial charge in [0, 0.05) is 70.5 Å². The zero-order valence-corrected chi connectivity index (χ0v) is 50.6.